The van der Waals surface area contributed by atoms with Crippen molar-refractivity contribution < 1.29 is 19.1 Å². The molecule has 0 aliphatic carbocycles. The van der Waals surface area contributed by atoms with Crippen molar-refractivity contribution in [3.05, 3.63) is 23.2 Å². The monoisotopic (exact) mass is 339 g/mol. The normalized spacial score (nSPS) is 16.6. The highest BCUT2D eigenvalue weighted by molar-refractivity contribution is 7.17. The van der Waals surface area contributed by atoms with Crippen molar-refractivity contribution in [2.45, 2.75) is 19.9 Å². The minimum atomic E-state index is -0.457. The van der Waals surface area contributed by atoms with Gasteiger partial charge in [0, 0.05) is 13.1 Å². The van der Waals surface area contributed by atoms with Crippen LogP contribution in [0.25, 0.3) is 0 Å². The van der Waals surface area contributed by atoms with Gasteiger partial charge in [-0.25, -0.2) is 9.78 Å². The number of nitrogens with one attached hydrogen (secondary N) is 1. The van der Waals surface area contributed by atoms with Crippen molar-refractivity contribution in [1.29, 1.82) is 0 Å². The summed E-state index contributed by atoms with van der Waals surface area (Å²) in [5.74, 6) is -0.603. The molecule has 1 aliphatic heterocycles. The summed E-state index contributed by atoms with van der Waals surface area (Å²) in [7, 11) is 0. The number of thiazole rings is 1. The fraction of sp³-hybridized carbons (Fsp3) is 0.533. The van der Waals surface area contributed by atoms with Crippen molar-refractivity contribution >= 4 is 28.3 Å². The zero-order chi connectivity index (χ0) is 16.8. The molecular weight excluding hydrogens is 318 g/mol. The van der Waals surface area contributed by atoms with Crippen molar-refractivity contribution in [1.82, 2.24) is 9.88 Å². The van der Waals surface area contributed by atoms with E-state index in [1.165, 1.54) is 6.08 Å². The number of aromatic nitrogens is 1. The Balaban J connectivity index is 1.98. The van der Waals surface area contributed by atoms with Crippen LogP contribution in [0.2, 0.25) is 0 Å². The number of esters is 1. The SMILES string of the molecule is C=CCOC(=O)c1sc(NC(=O)C(C)N2CCOCC2)nc1C. The maximum absolute atomic E-state index is 12.3. The topological polar surface area (TPSA) is 80.8 Å². The Morgan fingerprint density at radius 1 is 1.52 bits per heavy atom. The molecule has 2 heterocycles. The van der Waals surface area contributed by atoms with Gasteiger partial charge in [0.05, 0.1) is 24.9 Å². The lowest BCUT2D eigenvalue weighted by atomic mass is 10.2. The molecule has 0 bridgehead atoms. The van der Waals surface area contributed by atoms with Crippen LogP contribution in [0, 0.1) is 6.92 Å². The number of hydrogen-bond donors (Lipinski definition) is 1. The highest BCUT2D eigenvalue weighted by Gasteiger charge is 2.25. The van der Waals surface area contributed by atoms with Crippen LogP contribution in [0.3, 0.4) is 0 Å². The molecule has 0 radical (unpaired) electrons. The van der Waals surface area contributed by atoms with E-state index < -0.39 is 5.97 Å². The van der Waals surface area contributed by atoms with Gasteiger partial charge in [0.1, 0.15) is 11.5 Å². The first-order valence-corrected chi connectivity index (χ1v) is 8.22. The van der Waals surface area contributed by atoms with E-state index in [0.717, 1.165) is 24.4 Å². The molecule has 0 spiro atoms. The highest BCUT2D eigenvalue weighted by Crippen LogP contribution is 2.23. The number of ether oxygens (including phenoxy) is 2. The molecule has 23 heavy (non-hydrogen) atoms. The smallest absolute Gasteiger partial charge is 0.350 e. The Labute approximate surface area is 139 Å². The van der Waals surface area contributed by atoms with Gasteiger partial charge in [-0.15, -0.1) is 0 Å². The zero-order valence-corrected chi connectivity index (χ0v) is 14.1. The quantitative estimate of drug-likeness (QED) is 0.624. The third-order valence-corrected chi connectivity index (χ3v) is 4.57. The predicted octanol–water partition coefficient (Wildman–Crippen LogP) is 1.45. The van der Waals surface area contributed by atoms with Gasteiger partial charge in [0.2, 0.25) is 5.91 Å². The van der Waals surface area contributed by atoms with Crippen LogP contribution in [0.5, 0.6) is 0 Å². The van der Waals surface area contributed by atoms with Gasteiger partial charge in [-0.1, -0.05) is 24.0 Å². The Morgan fingerprint density at radius 2 is 2.22 bits per heavy atom. The van der Waals surface area contributed by atoms with Crippen molar-refractivity contribution in [2.75, 3.05) is 38.2 Å². The average Bonchev–Trinajstić information content (AvgIpc) is 2.93. The summed E-state index contributed by atoms with van der Waals surface area (Å²) in [6, 6.07) is -0.278. The van der Waals surface area contributed by atoms with E-state index >= 15 is 0 Å². The fourth-order valence-corrected chi connectivity index (χ4v) is 3.04. The second-order valence-electron chi connectivity index (χ2n) is 5.13. The summed E-state index contributed by atoms with van der Waals surface area (Å²) in [5, 5.41) is 3.17. The van der Waals surface area contributed by atoms with Crippen molar-refractivity contribution in [2.24, 2.45) is 0 Å². The molecule has 0 saturated carbocycles. The first-order chi connectivity index (χ1) is 11.0. The summed E-state index contributed by atoms with van der Waals surface area (Å²) in [5.41, 5.74) is 0.540. The first kappa shape index (κ1) is 17.6. The summed E-state index contributed by atoms with van der Waals surface area (Å²) in [4.78, 5) is 30.9. The molecule has 1 aromatic heterocycles. The van der Waals surface area contributed by atoms with Gasteiger partial charge in [0.15, 0.2) is 5.13 Å². The van der Waals surface area contributed by atoms with Gasteiger partial charge in [-0.2, -0.15) is 0 Å². The molecule has 2 rings (SSSR count). The first-order valence-electron chi connectivity index (χ1n) is 7.41. The average molecular weight is 339 g/mol. The van der Waals surface area contributed by atoms with Crippen LogP contribution in [0.15, 0.2) is 12.7 Å². The fourth-order valence-electron chi connectivity index (χ4n) is 2.18. The zero-order valence-electron chi connectivity index (χ0n) is 13.3. The van der Waals surface area contributed by atoms with Crippen LogP contribution in [-0.2, 0) is 14.3 Å². The molecule has 1 unspecified atom stereocenters. The molecule has 8 heteroatoms. The van der Waals surface area contributed by atoms with E-state index in [4.69, 9.17) is 9.47 Å². The largest absolute Gasteiger partial charge is 0.457 e. The van der Waals surface area contributed by atoms with Crippen molar-refractivity contribution in [3.8, 4) is 0 Å². The third kappa shape index (κ3) is 4.60. The maximum Gasteiger partial charge on any atom is 0.350 e. The minimum Gasteiger partial charge on any atom is -0.457 e. The van der Waals surface area contributed by atoms with Gasteiger partial charge < -0.3 is 14.8 Å². The van der Waals surface area contributed by atoms with E-state index in [9.17, 15) is 9.59 Å². The van der Waals surface area contributed by atoms with Crippen molar-refractivity contribution in [3.63, 3.8) is 0 Å². The number of rotatable bonds is 6. The second kappa shape index (κ2) is 8.19. The number of nitrogens with zero attached hydrogens (tertiary/aromatic N) is 2. The minimum absolute atomic E-state index is 0.145. The number of hydrogen-bond acceptors (Lipinski definition) is 7. The standard InChI is InChI=1S/C15H21N3O4S/c1-4-7-22-14(20)12-10(2)16-15(23-12)17-13(19)11(3)18-5-8-21-9-6-18/h4,11H,1,5-9H2,2-3H3,(H,16,17,19). The number of anilines is 1. The van der Waals surface area contributed by atoms with Gasteiger partial charge >= 0.3 is 5.97 Å². The Hall–Kier alpha value is -1.77. The van der Waals surface area contributed by atoms with E-state index in [-0.39, 0.29) is 18.6 Å². The van der Waals surface area contributed by atoms with Crippen LogP contribution in [-0.4, -0.2) is 60.7 Å². The number of carbonyl (C=O) groups is 2. The molecule has 1 N–H and O–H groups in total. The molecular formula is C15H21N3O4S. The van der Waals surface area contributed by atoms with Gasteiger partial charge in [-0.3, -0.25) is 9.69 Å². The molecule has 7 nitrogen and oxygen atoms in total. The summed E-state index contributed by atoms with van der Waals surface area (Å²) in [6.45, 7) is 9.92. The molecule has 126 valence electrons. The summed E-state index contributed by atoms with van der Waals surface area (Å²) >= 11 is 1.12. The molecule has 0 aromatic carbocycles. The molecule has 1 amide bonds. The van der Waals surface area contributed by atoms with Crippen LogP contribution < -0.4 is 5.32 Å². The molecule has 1 fully saturated rings. The summed E-state index contributed by atoms with van der Waals surface area (Å²) < 4.78 is 10.3. The Bertz CT molecular complexity index is 581. The Kier molecular flexibility index (Phi) is 6.26. The van der Waals surface area contributed by atoms with Gasteiger partial charge in [-0.05, 0) is 13.8 Å². The van der Waals surface area contributed by atoms with E-state index in [0.29, 0.717) is 28.9 Å². The summed E-state index contributed by atoms with van der Waals surface area (Å²) in [6.07, 6.45) is 1.50. The van der Waals surface area contributed by atoms with Crippen LogP contribution in [0.4, 0.5) is 5.13 Å². The number of morpholine rings is 1. The van der Waals surface area contributed by atoms with E-state index in [2.05, 4.69) is 21.8 Å². The van der Waals surface area contributed by atoms with E-state index in [1.54, 1.807) is 6.92 Å². The molecule has 1 aromatic rings. The lowest BCUT2D eigenvalue weighted by molar-refractivity contribution is -0.122. The maximum atomic E-state index is 12.3. The molecule has 1 aliphatic rings. The second-order valence-corrected chi connectivity index (χ2v) is 6.13. The lowest BCUT2D eigenvalue weighted by Crippen LogP contribution is -2.47. The van der Waals surface area contributed by atoms with Crippen LogP contribution >= 0.6 is 11.3 Å². The number of amides is 1. The Morgan fingerprint density at radius 3 is 2.87 bits per heavy atom. The van der Waals surface area contributed by atoms with E-state index in [1.807, 2.05) is 6.92 Å². The predicted molar refractivity (Wildman–Crippen MR) is 87.8 cm³/mol. The number of carbonyl (C=O) groups excluding carboxylic acids is 2. The molecule has 1 saturated heterocycles. The number of aryl methyl sites for hydroxylation is 1. The van der Waals surface area contributed by atoms with Crippen LogP contribution in [0.1, 0.15) is 22.3 Å². The molecule has 1 atom stereocenters. The highest BCUT2D eigenvalue weighted by atomic mass is 32.1. The lowest BCUT2D eigenvalue weighted by Gasteiger charge is -2.31. The third-order valence-electron chi connectivity index (χ3n) is 3.52. The van der Waals surface area contributed by atoms with Gasteiger partial charge in [0.25, 0.3) is 0 Å².